The molecule has 5 heterocycles. The molecule has 0 aliphatic carbocycles. The van der Waals surface area contributed by atoms with E-state index in [1.54, 1.807) is 45.0 Å². The molecule has 51 heavy (non-hydrogen) atoms. The Morgan fingerprint density at radius 3 is 2.61 bits per heavy atom. The van der Waals surface area contributed by atoms with Gasteiger partial charge >= 0.3 is 6.09 Å². The van der Waals surface area contributed by atoms with E-state index in [1.165, 1.54) is 12.0 Å². The predicted molar refractivity (Wildman–Crippen MR) is 186 cm³/mol. The van der Waals surface area contributed by atoms with Crippen LogP contribution in [0.2, 0.25) is 0 Å². The third-order valence-electron chi connectivity index (χ3n) is 8.60. The second-order valence-electron chi connectivity index (χ2n) is 13.8. The zero-order chi connectivity index (χ0) is 36.1. The Bertz CT molecular complexity index is 1720. The SMILES string of the molecule is COc1cc(NC(=O)C2CN(C(=O)OC(C)(C)C)CCO2)cc(-c2cccc3c2O[C@H](CNC(=O)c2ccc(CN4CCN(C)CC4)o2)CO3)n1. The Morgan fingerprint density at radius 1 is 1.04 bits per heavy atom. The molecule has 274 valence electrons. The van der Waals surface area contributed by atoms with Crippen molar-refractivity contribution in [3.63, 3.8) is 0 Å². The maximum absolute atomic E-state index is 13.3. The zero-order valence-electron chi connectivity index (χ0n) is 29.7. The van der Waals surface area contributed by atoms with Gasteiger partial charge < -0.3 is 48.5 Å². The summed E-state index contributed by atoms with van der Waals surface area (Å²) in [5.41, 5.74) is 0.801. The average Bonchev–Trinajstić information content (AvgIpc) is 3.59. The van der Waals surface area contributed by atoms with Crippen LogP contribution in [0.5, 0.6) is 17.4 Å². The highest BCUT2D eigenvalue weighted by Gasteiger charge is 2.32. The highest BCUT2D eigenvalue weighted by atomic mass is 16.6. The number of pyridine rings is 1. The molecule has 1 aromatic carbocycles. The molecule has 0 radical (unpaired) electrons. The third-order valence-corrected chi connectivity index (χ3v) is 8.60. The number of carbonyl (C=O) groups is 3. The number of fused-ring (bicyclic) bond motifs is 1. The van der Waals surface area contributed by atoms with E-state index in [4.69, 9.17) is 28.1 Å². The van der Waals surface area contributed by atoms with Crippen molar-refractivity contribution >= 4 is 23.6 Å². The third kappa shape index (κ3) is 9.28. The van der Waals surface area contributed by atoms with Crippen LogP contribution in [0.3, 0.4) is 0 Å². The summed E-state index contributed by atoms with van der Waals surface area (Å²) in [6, 6.07) is 12.2. The van der Waals surface area contributed by atoms with E-state index in [-0.39, 0.29) is 43.9 Å². The van der Waals surface area contributed by atoms with Gasteiger partial charge in [-0.1, -0.05) is 6.07 Å². The highest BCUT2D eigenvalue weighted by molar-refractivity contribution is 5.95. The van der Waals surface area contributed by atoms with E-state index in [2.05, 4.69) is 32.5 Å². The maximum atomic E-state index is 13.3. The molecular formula is C36H46N6O9. The van der Waals surface area contributed by atoms with Gasteiger partial charge in [-0.05, 0) is 58.2 Å². The summed E-state index contributed by atoms with van der Waals surface area (Å²) in [6.07, 6.45) is -1.91. The van der Waals surface area contributed by atoms with Gasteiger partial charge in [-0.2, -0.15) is 0 Å². The van der Waals surface area contributed by atoms with Gasteiger partial charge in [0.05, 0.1) is 39.0 Å². The Kier molecular flexibility index (Phi) is 11.0. The summed E-state index contributed by atoms with van der Waals surface area (Å²) in [5, 5.41) is 5.77. The molecule has 0 saturated carbocycles. The Balaban J connectivity index is 1.09. The van der Waals surface area contributed by atoms with Gasteiger partial charge in [-0.25, -0.2) is 9.78 Å². The fraction of sp³-hybridized carbons (Fsp3) is 0.500. The van der Waals surface area contributed by atoms with Crippen molar-refractivity contribution in [3.8, 4) is 28.6 Å². The van der Waals surface area contributed by atoms with Crippen molar-refractivity contribution in [2.45, 2.75) is 45.1 Å². The normalized spacial score (nSPS) is 19.7. The largest absolute Gasteiger partial charge is 0.486 e. The molecular weight excluding hydrogens is 660 g/mol. The van der Waals surface area contributed by atoms with Crippen LogP contribution in [-0.2, 0) is 20.8 Å². The summed E-state index contributed by atoms with van der Waals surface area (Å²) < 4.78 is 34.9. The fourth-order valence-corrected chi connectivity index (χ4v) is 5.88. The molecule has 2 saturated heterocycles. The average molecular weight is 707 g/mol. The number of para-hydroxylation sites is 1. The molecule has 2 N–H and O–H groups in total. The molecule has 0 spiro atoms. The number of furan rings is 1. The van der Waals surface area contributed by atoms with Gasteiger partial charge in [0.2, 0.25) is 5.88 Å². The van der Waals surface area contributed by atoms with Crippen molar-refractivity contribution in [2.24, 2.45) is 0 Å². The van der Waals surface area contributed by atoms with Gasteiger partial charge in [-0.3, -0.25) is 14.5 Å². The number of hydrogen-bond donors (Lipinski definition) is 2. The monoisotopic (exact) mass is 706 g/mol. The molecule has 3 aliphatic rings. The van der Waals surface area contributed by atoms with Gasteiger partial charge in [0.25, 0.3) is 11.8 Å². The van der Waals surface area contributed by atoms with E-state index >= 15 is 0 Å². The number of anilines is 1. The number of nitrogens with zero attached hydrogens (tertiary/aromatic N) is 4. The van der Waals surface area contributed by atoms with E-state index in [9.17, 15) is 14.4 Å². The molecule has 1 unspecified atom stereocenters. The van der Waals surface area contributed by atoms with Gasteiger partial charge in [0, 0.05) is 50.0 Å². The number of carbonyl (C=O) groups excluding carboxylic acids is 3. The van der Waals surface area contributed by atoms with E-state index in [0.29, 0.717) is 41.5 Å². The summed E-state index contributed by atoms with van der Waals surface area (Å²) in [4.78, 5) is 49.6. The van der Waals surface area contributed by atoms with Gasteiger partial charge in [0.1, 0.15) is 24.1 Å². The first-order valence-electron chi connectivity index (χ1n) is 17.1. The maximum Gasteiger partial charge on any atom is 0.410 e. The van der Waals surface area contributed by atoms with Crippen LogP contribution in [-0.4, -0.2) is 129 Å². The van der Waals surface area contributed by atoms with E-state index < -0.39 is 29.8 Å². The molecule has 0 bridgehead atoms. The number of benzene rings is 1. The van der Waals surface area contributed by atoms with E-state index in [0.717, 1.165) is 31.9 Å². The van der Waals surface area contributed by atoms with Crippen LogP contribution < -0.4 is 24.8 Å². The van der Waals surface area contributed by atoms with Crippen molar-refractivity contribution in [3.05, 3.63) is 54.0 Å². The Labute approximate surface area is 297 Å². The van der Waals surface area contributed by atoms with Crippen LogP contribution >= 0.6 is 0 Å². The van der Waals surface area contributed by atoms with Crippen molar-refractivity contribution in [1.29, 1.82) is 0 Å². The van der Waals surface area contributed by atoms with Gasteiger partial charge in [-0.15, -0.1) is 0 Å². The van der Waals surface area contributed by atoms with Crippen LogP contribution in [0.4, 0.5) is 10.5 Å². The quantitative estimate of drug-likeness (QED) is 0.336. The minimum atomic E-state index is -0.907. The molecule has 3 aromatic rings. The number of morpholine rings is 1. The molecule has 15 heteroatoms. The minimum Gasteiger partial charge on any atom is -0.486 e. The van der Waals surface area contributed by atoms with Crippen LogP contribution in [0, 0.1) is 0 Å². The van der Waals surface area contributed by atoms with Gasteiger partial charge in [0.15, 0.2) is 23.4 Å². The lowest BCUT2D eigenvalue weighted by atomic mass is 10.1. The molecule has 2 atom stereocenters. The topological polar surface area (TPSA) is 157 Å². The summed E-state index contributed by atoms with van der Waals surface area (Å²) in [5.74, 6) is 1.43. The van der Waals surface area contributed by atoms with Crippen molar-refractivity contribution < 1.29 is 42.5 Å². The fourth-order valence-electron chi connectivity index (χ4n) is 5.88. The van der Waals surface area contributed by atoms with Crippen LogP contribution in [0.15, 0.2) is 46.9 Å². The molecule has 15 nitrogen and oxygen atoms in total. The lowest BCUT2D eigenvalue weighted by Crippen LogP contribution is -2.51. The molecule has 6 rings (SSSR count). The molecule has 3 aliphatic heterocycles. The second-order valence-corrected chi connectivity index (χ2v) is 13.8. The summed E-state index contributed by atoms with van der Waals surface area (Å²) >= 11 is 0. The lowest BCUT2D eigenvalue weighted by Gasteiger charge is -2.33. The number of methoxy groups -OCH3 is 1. The number of amides is 3. The van der Waals surface area contributed by atoms with E-state index in [1.807, 2.05) is 18.2 Å². The number of rotatable bonds is 9. The Hall–Kier alpha value is -4.86. The molecule has 3 amide bonds. The highest BCUT2D eigenvalue weighted by Crippen LogP contribution is 2.41. The number of hydrogen-bond acceptors (Lipinski definition) is 12. The number of aromatic nitrogens is 1. The lowest BCUT2D eigenvalue weighted by molar-refractivity contribution is -0.132. The number of likely N-dealkylation sites (N-methyl/N-ethyl adjacent to an activating group) is 1. The van der Waals surface area contributed by atoms with Crippen LogP contribution in [0.1, 0.15) is 37.1 Å². The summed E-state index contributed by atoms with van der Waals surface area (Å²) in [6.45, 7) is 10.9. The standard InChI is InChI=1S/C36H46N6O9/c1-36(2,3)51-35(45)42-15-16-47-30(21-42)34(44)38-23-17-27(39-31(18-23)46-5)26-7-6-8-28-32(26)50-25(22-48-28)19-37-33(43)29-10-9-24(49-29)20-41-13-11-40(4)12-14-41/h6-10,17-18,25,30H,11-16,19-22H2,1-5H3,(H,37,43)(H,38,39,44)/t25-,30?/m1/s1. The van der Waals surface area contributed by atoms with Crippen molar-refractivity contribution in [1.82, 2.24) is 25.0 Å². The second kappa shape index (κ2) is 15.6. The smallest absolute Gasteiger partial charge is 0.410 e. The summed E-state index contributed by atoms with van der Waals surface area (Å²) in [7, 11) is 3.59. The van der Waals surface area contributed by atoms with Crippen LogP contribution in [0.25, 0.3) is 11.3 Å². The van der Waals surface area contributed by atoms with Crippen molar-refractivity contribution in [2.75, 3.05) is 78.5 Å². The predicted octanol–water partition coefficient (Wildman–Crippen LogP) is 3.24. The number of piperazine rings is 1. The minimum absolute atomic E-state index is 0.0445. The number of ether oxygens (including phenoxy) is 5. The first kappa shape index (κ1) is 35.9. The molecule has 2 fully saturated rings. The number of nitrogens with one attached hydrogen (secondary N) is 2. The molecule has 2 aromatic heterocycles. The first-order chi connectivity index (χ1) is 24.4. The zero-order valence-corrected chi connectivity index (χ0v) is 29.7. The first-order valence-corrected chi connectivity index (χ1v) is 17.1. The Morgan fingerprint density at radius 2 is 1.84 bits per heavy atom.